The normalized spacial score (nSPS) is 10.0. The molecular formula is C20H19N5O2. The van der Waals surface area contributed by atoms with Crippen molar-refractivity contribution in [1.82, 2.24) is 9.97 Å². The van der Waals surface area contributed by atoms with Gasteiger partial charge in [-0.15, -0.1) is 0 Å². The molecule has 0 radical (unpaired) electrons. The number of benzene rings is 2. The number of methoxy groups -OCH3 is 2. The third-order valence-electron chi connectivity index (χ3n) is 3.77. The van der Waals surface area contributed by atoms with Gasteiger partial charge in [0.25, 0.3) is 0 Å². The molecule has 7 nitrogen and oxygen atoms in total. The van der Waals surface area contributed by atoms with E-state index in [1.165, 1.54) is 0 Å². The number of aromatic nitrogens is 2. The molecule has 136 valence electrons. The van der Waals surface area contributed by atoms with Gasteiger partial charge in [0.15, 0.2) is 0 Å². The van der Waals surface area contributed by atoms with Crippen molar-refractivity contribution in [3.8, 4) is 17.6 Å². The number of aryl methyl sites for hydroxylation is 1. The largest absolute Gasteiger partial charge is 0.497 e. The van der Waals surface area contributed by atoms with Crippen LogP contribution >= 0.6 is 0 Å². The van der Waals surface area contributed by atoms with Crippen molar-refractivity contribution in [2.75, 3.05) is 24.9 Å². The van der Waals surface area contributed by atoms with Crippen molar-refractivity contribution in [2.24, 2.45) is 0 Å². The van der Waals surface area contributed by atoms with Crippen LogP contribution in [-0.2, 0) is 0 Å². The molecule has 2 N–H and O–H groups in total. The Morgan fingerprint density at radius 3 is 2.56 bits per heavy atom. The van der Waals surface area contributed by atoms with E-state index in [9.17, 15) is 0 Å². The molecule has 0 saturated carbocycles. The van der Waals surface area contributed by atoms with Gasteiger partial charge in [-0.3, -0.25) is 0 Å². The summed E-state index contributed by atoms with van der Waals surface area (Å²) in [6.45, 7) is 1.88. The number of hydrogen-bond donors (Lipinski definition) is 2. The zero-order valence-electron chi connectivity index (χ0n) is 15.3. The number of nitrogens with zero attached hydrogens (tertiary/aromatic N) is 3. The number of ether oxygens (including phenoxy) is 2. The van der Waals surface area contributed by atoms with Crippen LogP contribution in [0.2, 0.25) is 0 Å². The van der Waals surface area contributed by atoms with Gasteiger partial charge in [0, 0.05) is 23.5 Å². The Hall–Kier alpha value is -3.79. The maximum atomic E-state index is 9.03. The van der Waals surface area contributed by atoms with Crippen LogP contribution in [-0.4, -0.2) is 24.2 Å². The Kier molecular flexibility index (Phi) is 5.38. The molecule has 1 heterocycles. The first-order valence-electron chi connectivity index (χ1n) is 8.23. The lowest BCUT2D eigenvalue weighted by atomic mass is 10.2. The van der Waals surface area contributed by atoms with Crippen molar-refractivity contribution in [3.05, 3.63) is 59.8 Å². The predicted octanol–water partition coefficient (Wildman–Crippen LogP) is 4.16. The van der Waals surface area contributed by atoms with Gasteiger partial charge in [-0.05, 0) is 37.3 Å². The summed E-state index contributed by atoms with van der Waals surface area (Å²) >= 11 is 0. The van der Waals surface area contributed by atoms with Crippen LogP contribution < -0.4 is 20.1 Å². The van der Waals surface area contributed by atoms with Crippen molar-refractivity contribution in [1.29, 1.82) is 5.26 Å². The maximum Gasteiger partial charge on any atom is 0.229 e. The van der Waals surface area contributed by atoms with Gasteiger partial charge < -0.3 is 20.1 Å². The number of anilines is 4. The van der Waals surface area contributed by atoms with Crippen molar-refractivity contribution >= 4 is 23.1 Å². The minimum Gasteiger partial charge on any atom is -0.497 e. The highest BCUT2D eigenvalue weighted by Crippen LogP contribution is 2.31. The van der Waals surface area contributed by atoms with Crippen LogP contribution in [0.5, 0.6) is 11.5 Å². The maximum absolute atomic E-state index is 9.03. The summed E-state index contributed by atoms with van der Waals surface area (Å²) in [6, 6.07) is 16.6. The minimum atomic E-state index is 0.425. The summed E-state index contributed by atoms with van der Waals surface area (Å²) in [5, 5.41) is 15.4. The first-order valence-corrected chi connectivity index (χ1v) is 8.23. The number of nitriles is 1. The lowest BCUT2D eigenvalue weighted by Crippen LogP contribution is -2.03. The molecule has 0 bridgehead atoms. The van der Waals surface area contributed by atoms with E-state index < -0.39 is 0 Å². The van der Waals surface area contributed by atoms with E-state index in [2.05, 4.69) is 26.7 Å². The Morgan fingerprint density at radius 2 is 1.81 bits per heavy atom. The molecule has 0 aliphatic heterocycles. The van der Waals surface area contributed by atoms with Gasteiger partial charge in [-0.1, -0.05) is 6.07 Å². The first-order chi connectivity index (χ1) is 13.1. The Bertz CT molecular complexity index is 998. The van der Waals surface area contributed by atoms with E-state index in [-0.39, 0.29) is 0 Å². The molecule has 0 aliphatic rings. The quantitative estimate of drug-likeness (QED) is 0.681. The van der Waals surface area contributed by atoms with Crippen LogP contribution in [0.1, 0.15) is 11.3 Å². The zero-order valence-corrected chi connectivity index (χ0v) is 15.3. The topological polar surface area (TPSA) is 92.1 Å². The SMILES string of the molecule is COc1ccc(OC)c(Nc2cc(C)nc(Nc3cccc(C#N)c3)n2)c1. The molecule has 1 aromatic heterocycles. The summed E-state index contributed by atoms with van der Waals surface area (Å²) in [7, 11) is 3.21. The van der Waals surface area contributed by atoms with E-state index in [0.717, 1.165) is 17.1 Å². The Balaban J connectivity index is 1.88. The predicted molar refractivity (Wildman–Crippen MR) is 104 cm³/mol. The van der Waals surface area contributed by atoms with Crippen molar-refractivity contribution in [3.63, 3.8) is 0 Å². The molecule has 2 aromatic carbocycles. The molecule has 0 amide bonds. The lowest BCUT2D eigenvalue weighted by molar-refractivity contribution is 0.405. The van der Waals surface area contributed by atoms with Crippen LogP contribution in [0, 0.1) is 18.3 Å². The van der Waals surface area contributed by atoms with Gasteiger partial charge in [0.2, 0.25) is 5.95 Å². The average molecular weight is 361 g/mol. The van der Waals surface area contributed by atoms with Gasteiger partial charge in [-0.2, -0.15) is 10.2 Å². The van der Waals surface area contributed by atoms with Gasteiger partial charge in [-0.25, -0.2) is 4.98 Å². The van der Waals surface area contributed by atoms with E-state index in [1.807, 2.05) is 37.3 Å². The second kappa shape index (κ2) is 8.06. The molecule has 0 saturated heterocycles. The standard InChI is InChI=1S/C20H19N5O2/c1-13-9-19(24-17-11-16(26-2)7-8-18(17)27-3)25-20(22-13)23-15-6-4-5-14(10-15)12-21/h4-11H,1-3H3,(H2,22,23,24,25). The summed E-state index contributed by atoms with van der Waals surface area (Å²) in [4.78, 5) is 8.90. The van der Waals surface area contributed by atoms with Crippen molar-refractivity contribution in [2.45, 2.75) is 6.92 Å². The smallest absolute Gasteiger partial charge is 0.229 e. The first kappa shape index (κ1) is 18.0. The molecule has 7 heteroatoms. The summed E-state index contributed by atoms with van der Waals surface area (Å²) in [6.07, 6.45) is 0. The molecule has 3 rings (SSSR count). The van der Waals surface area contributed by atoms with E-state index in [0.29, 0.717) is 28.8 Å². The molecule has 0 unspecified atom stereocenters. The van der Waals surface area contributed by atoms with Gasteiger partial charge >= 0.3 is 0 Å². The summed E-state index contributed by atoms with van der Waals surface area (Å²) in [5.74, 6) is 2.40. The van der Waals surface area contributed by atoms with E-state index in [4.69, 9.17) is 14.7 Å². The Morgan fingerprint density at radius 1 is 0.963 bits per heavy atom. The highest BCUT2D eigenvalue weighted by Gasteiger charge is 2.09. The Labute approximate surface area is 157 Å². The fourth-order valence-corrected chi connectivity index (χ4v) is 2.53. The van der Waals surface area contributed by atoms with Gasteiger partial charge in [0.05, 0.1) is 31.5 Å². The third kappa shape index (κ3) is 4.44. The summed E-state index contributed by atoms with van der Waals surface area (Å²) in [5.41, 5.74) is 2.82. The third-order valence-corrected chi connectivity index (χ3v) is 3.77. The number of rotatable bonds is 6. The monoisotopic (exact) mass is 361 g/mol. The zero-order chi connectivity index (χ0) is 19.2. The van der Waals surface area contributed by atoms with Crippen molar-refractivity contribution < 1.29 is 9.47 Å². The molecule has 0 spiro atoms. The second-order valence-corrected chi connectivity index (χ2v) is 5.73. The molecule has 3 aromatic rings. The minimum absolute atomic E-state index is 0.425. The number of hydrogen-bond acceptors (Lipinski definition) is 7. The molecular weight excluding hydrogens is 342 g/mol. The molecule has 27 heavy (non-hydrogen) atoms. The average Bonchev–Trinajstić information content (AvgIpc) is 2.67. The highest BCUT2D eigenvalue weighted by atomic mass is 16.5. The molecule has 0 fully saturated rings. The molecule has 0 aliphatic carbocycles. The van der Waals surface area contributed by atoms with Crippen LogP contribution in [0.4, 0.5) is 23.1 Å². The summed E-state index contributed by atoms with van der Waals surface area (Å²) < 4.78 is 10.7. The highest BCUT2D eigenvalue weighted by molar-refractivity contribution is 5.67. The van der Waals surface area contributed by atoms with Crippen LogP contribution in [0.3, 0.4) is 0 Å². The fraction of sp³-hybridized carbons (Fsp3) is 0.150. The van der Waals surface area contributed by atoms with Crippen LogP contribution in [0.25, 0.3) is 0 Å². The fourth-order valence-electron chi connectivity index (χ4n) is 2.53. The number of nitrogens with one attached hydrogen (secondary N) is 2. The molecule has 0 atom stereocenters. The van der Waals surface area contributed by atoms with Crippen LogP contribution in [0.15, 0.2) is 48.5 Å². The lowest BCUT2D eigenvalue weighted by Gasteiger charge is -2.13. The van der Waals surface area contributed by atoms with E-state index in [1.54, 1.807) is 32.4 Å². The second-order valence-electron chi connectivity index (χ2n) is 5.73. The van der Waals surface area contributed by atoms with Gasteiger partial charge in [0.1, 0.15) is 17.3 Å². The van der Waals surface area contributed by atoms with E-state index >= 15 is 0 Å².